The molecule has 0 aliphatic heterocycles. The molecule has 0 amide bonds. The van der Waals surface area contributed by atoms with Crippen molar-refractivity contribution in [3.05, 3.63) is 53.9 Å². The van der Waals surface area contributed by atoms with Gasteiger partial charge in [0, 0.05) is 23.4 Å². The van der Waals surface area contributed by atoms with Gasteiger partial charge in [-0.3, -0.25) is 4.72 Å². The van der Waals surface area contributed by atoms with Crippen molar-refractivity contribution in [1.82, 2.24) is 10.1 Å². The predicted octanol–water partition coefficient (Wildman–Crippen LogP) is 3.84. The summed E-state index contributed by atoms with van der Waals surface area (Å²) >= 11 is 0. The lowest BCUT2D eigenvalue weighted by Crippen LogP contribution is -2.16. The molecule has 0 fully saturated rings. The number of nitrogens with one attached hydrogen (secondary N) is 1. The fraction of sp³-hybridized carbons (Fsp3) is 0.125. The Morgan fingerprint density at radius 1 is 1.07 bits per heavy atom. The van der Waals surface area contributed by atoms with Gasteiger partial charge in [-0.1, -0.05) is 5.16 Å². The minimum Gasteiger partial charge on any atom is -0.497 e. The third-order valence-corrected chi connectivity index (χ3v) is 4.97. The maximum absolute atomic E-state index is 14.0. The third-order valence-electron chi connectivity index (χ3n) is 3.54. The molecule has 1 heterocycles. The normalized spacial score (nSPS) is 12.1. The number of hydrogen-bond donors (Lipinski definition) is 1. The first-order chi connectivity index (χ1) is 13.5. The Morgan fingerprint density at radius 2 is 1.66 bits per heavy atom. The van der Waals surface area contributed by atoms with Crippen molar-refractivity contribution >= 4 is 15.7 Å². The van der Waals surface area contributed by atoms with Crippen molar-refractivity contribution in [3.63, 3.8) is 0 Å². The summed E-state index contributed by atoms with van der Waals surface area (Å²) < 4.78 is 101. The van der Waals surface area contributed by atoms with Gasteiger partial charge in [0.15, 0.2) is 4.90 Å². The molecule has 0 saturated heterocycles. The maximum atomic E-state index is 14.0. The van der Waals surface area contributed by atoms with Crippen LogP contribution < -0.4 is 9.46 Å². The van der Waals surface area contributed by atoms with Gasteiger partial charge in [0.1, 0.15) is 17.4 Å². The summed E-state index contributed by atoms with van der Waals surface area (Å²) in [5.41, 5.74) is -0.0167. The molecule has 1 aromatic heterocycles. The first-order valence-corrected chi connectivity index (χ1v) is 9.07. The van der Waals surface area contributed by atoms with Crippen LogP contribution in [0.1, 0.15) is 5.89 Å². The SMILES string of the molecule is COc1cc(F)c(S(=O)(=O)Nc2ccc(-c3noc(C(F)(F)F)n3)cc2)c(F)c1. The molecule has 0 radical (unpaired) electrons. The molecule has 0 spiro atoms. The van der Waals surface area contributed by atoms with Crippen LogP contribution >= 0.6 is 0 Å². The molecule has 0 unspecified atom stereocenters. The number of hydrogen-bond acceptors (Lipinski definition) is 6. The van der Waals surface area contributed by atoms with E-state index < -0.39 is 38.6 Å². The van der Waals surface area contributed by atoms with Crippen LogP contribution in [0, 0.1) is 11.6 Å². The zero-order chi connectivity index (χ0) is 21.4. The average Bonchev–Trinajstić information content (AvgIpc) is 3.11. The number of methoxy groups -OCH3 is 1. The van der Waals surface area contributed by atoms with Gasteiger partial charge in [-0.05, 0) is 24.3 Å². The lowest BCUT2D eigenvalue weighted by Gasteiger charge is -2.11. The maximum Gasteiger partial charge on any atom is 0.471 e. The van der Waals surface area contributed by atoms with Crippen LogP contribution in [0.2, 0.25) is 0 Å². The molecule has 1 N–H and O–H groups in total. The van der Waals surface area contributed by atoms with E-state index in [-0.39, 0.29) is 22.8 Å². The number of sulfonamides is 1. The molecule has 0 bridgehead atoms. The number of halogens is 5. The van der Waals surface area contributed by atoms with Crippen LogP contribution in [-0.4, -0.2) is 25.7 Å². The van der Waals surface area contributed by atoms with Crippen molar-refractivity contribution in [2.75, 3.05) is 11.8 Å². The van der Waals surface area contributed by atoms with E-state index >= 15 is 0 Å². The summed E-state index contributed by atoms with van der Waals surface area (Å²) in [4.78, 5) is 1.98. The highest BCUT2D eigenvalue weighted by Crippen LogP contribution is 2.30. The van der Waals surface area contributed by atoms with Crippen LogP contribution in [0.3, 0.4) is 0 Å². The predicted molar refractivity (Wildman–Crippen MR) is 88.5 cm³/mol. The number of alkyl halides is 3. The van der Waals surface area contributed by atoms with Gasteiger partial charge in [0.2, 0.25) is 5.82 Å². The van der Waals surface area contributed by atoms with E-state index in [9.17, 15) is 30.4 Å². The monoisotopic (exact) mass is 435 g/mol. The van der Waals surface area contributed by atoms with E-state index in [0.29, 0.717) is 12.1 Å². The van der Waals surface area contributed by atoms with Gasteiger partial charge in [0.25, 0.3) is 10.0 Å². The molecule has 29 heavy (non-hydrogen) atoms. The van der Waals surface area contributed by atoms with E-state index in [1.165, 1.54) is 12.1 Å². The first kappa shape index (κ1) is 20.5. The van der Waals surface area contributed by atoms with Gasteiger partial charge in [-0.25, -0.2) is 17.2 Å². The zero-order valence-corrected chi connectivity index (χ0v) is 15.1. The highest BCUT2D eigenvalue weighted by Gasteiger charge is 2.38. The van der Waals surface area contributed by atoms with Gasteiger partial charge in [0.05, 0.1) is 7.11 Å². The molecule has 0 saturated carbocycles. The van der Waals surface area contributed by atoms with Gasteiger partial charge in [-0.15, -0.1) is 0 Å². The fourth-order valence-electron chi connectivity index (χ4n) is 2.26. The largest absolute Gasteiger partial charge is 0.497 e. The minimum atomic E-state index is -4.81. The summed E-state index contributed by atoms with van der Waals surface area (Å²) in [5.74, 6) is -4.85. The molecule has 0 atom stereocenters. The Morgan fingerprint density at radius 3 is 2.14 bits per heavy atom. The van der Waals surface area contributed by atoms with Crippen molar-refractivity contribution in [3.8, 4) is 17.1 Å². The quantitative estimate of drug-likeness (QED) is 0.612. The third kappa shape index (κ3) is 4.29. The second-order valence-corrected chi connectivity index (χ2v) is 7.14. The van der Waals surface area contributed by atoms with Crippen molar-refractivity contribution in [1.29, 1.82) is 0 Å². The van der Waals surface area contributed by atoms with Crippen LogP contribution in [0.25, 0.3) is 11.4 Å². The molecular formula is C16H10F5N3O4S. The lowest BCUT2D eigenvalue weighted by molar-refractivity contribution is -0.159. The van der Waals surface area contributed by atoms with Crippen LogP contribution in [-0.2, 0) is 16.2 Å². The molecule has 3 aromatic rings. The van der Waals surface area contributed by atoms with Gasteiger partial charge in [-0.2, -0.15) is 18.2 Å². The van der Waals surface area contributed by atoms with Crippen molar-refractivity contribution in [2.45, 2.75) is 11.1 Å². The van der Waals surface area contributed by atoms with Crippen LogP contribution in [0.4, 0.5) is 27.6 Å². The zero-order valence-electron chi connectivity index (χ0n) is 14.3. The molecule has 0 aliphatic carbocycles. The van der Waals surface area contributed by atoms with E-state index in [1.54, 1.807) is 0 Å². The highest BCUT2D eigenvalue weighted by molar-refractivity contribution is 7.92. The number of rotatable bonds is 5. The summed E-state index contributed by atoms with van der Waals surface area (Å²) in [6.45, 7) is 0. The number of benzene rings is 2. The van der Waals surface area contributed by atoms with E-state index in [4.69, 9.17) is 0 Å². The Balaban J connectivity index is 1.85. The Labute approximate surface area is 160 Å². The van der Waals surface area contributed by atoms with Gasteiger partial charge < -0.3 is 9.26 Å². The van der Waals surface area contributed by atoms with Crippen molar-refractivity contribution in [2.24, 2.45) is 0 Å². The molecule has 7 nitrogen and oxygen atoms in total. The number of anilines is 1. The molecule has 0 aliphatic rings. The molecule has 154 valence electrons. The number of ether oxygens (including phenoxy) is 1. The number of aromatic nitrogens is 2. The smallest absolute Gasteiger partial charge is 0.471 e. The van der Waals surface area contributed by atoms with E-state index in [1.807, 2.05) is 4.72 Å². The molecule has 2 aromatic carbocycles. The summed E-state index contributed by atoms with van der Waals surface area (Å²) in [5, 5.41) is 3.19. The number of nitrogens with zero attached hydrogens (tertiary/aromatic N) is 2. The van der Waals surface area contributed by atoms with Crippen LogP contribution in [0.5, 0.6) is 5.75 Å². The Hall–Kier alpha value is -3.22. The lowest BCUT2D eigenvalue weighted by atomic mass is 10.2. The molecular weight excluding hydrogens is 425 g/mol. The Kier molecular flexibility index (Phi) is 5.17. The second-order valence-electron chi connectivity index (χ2n) is 5.52. The Bertz CT molecular complexity index is 1120. The molecule has 13 heteroatoms. The summed E-state index contributed by atoms with van der Waals surface area (Å²) in [6, 6.07) is 6.10. The topological polar surface area (TPSA) is 94.3 Å². The van der Waals surface area contributed by atoms with Gasteiger partial charge >= 0.3 is 12.1 Å². The minimum absolute atomic E-state index is 0.0917. The van der Waals surface area contributed by atoms with E-state index in [2.05, 4.69) is 19.4 Å². The second kappa shape index (κ2) is 7.31. The standard InChI is InChI=1S/C16H10F5N3O4S/c1-27-10-6-11(17)13(12(18)7-10)29(25,26)24-9-4-2-8(3-5-9)14-22-15(28-23-14)16(19,20)21/h2-7,24H,1H3. The fourth-order valence-corrected chi connectivity index (χ4v) is 3.44. The first-order valence-electron chi connectivity index (χ1n) is 7.58. The summed E-state index contributed by atoms with van der Waals surface area (Å²) in [6.07, 6.45) is -4.81. The average molecular weight is 435 g/mol. The van der Waals surface area contributed by atoms with Crippen molar-refractivity contribution < 1.29 is 39.6 Å². The summed E-state index contributed by atoms with van der Waals surface area (Å²) in [7, 11) is -3.49. The highest BCUT2D eigenvalue weighted by atomic mass is 32.2. The molecule has 3 rings (SSSR count). The van der Waals surface area contributed by atoms with E-state index in [0.717, 1.165) is 19.2 Å². The van der Waals surface area contributed by atoms with Crippen LogP contribution in [0.15, 0.2) is 45.8 Å².